The van der Waals surface area contributed by atoms with Gasteiger partial charge in [-0.3, -0.25) is 9.59 Å². The Morgan fingerprint density at radius 1 is 1.05 bits per heavy atom. The van der Waals surface area contributed by atoms with E-state index in [2.05, 4.69) is 30.1 Å². The molecule has 2 amide bonds. The fraction of sp³-hybridized carbons (Fsp3) is 0.469. The van der Waals surface area contributed by atoms with E-state index >= 15 is 0 Å². The number of aliphatic hydroxyl groups excluding tert-OH is 1. The van der Waals surface area contributed by atoms with Gasteiger partial charge in [-0.1, -0.05) is 24.3 Å². The smallest absolute Gasteiger partial charge is 0.277 e. The number of anilines is 1. The van der Waals surface area contributed by atoms with Gasteiger partial charge in [0.15, 0.2) is 5.01 Å². The number of rotatable bonds is 8. The van der Waals surface area contributed by atoms with Crippen LogP contribution in [0, 0.1) is 18.8 Å². The number of hydrogen-bond donors (Lipinski definition) is 2. The number of amides is 2. The molecule has 0 aliphatic heterocycles. The number of thiazole rings is 1. The minimum atomic E-state index is -0.538. The first-order chi connectivity index (χ1) is 19.3. The van der Waals surface area contributed by atoms with Gasteiger partial charge in [-0.15, -0.1) is 11.3 Å². The predicted molar refractivity (Wildman–Crippen MR) is 159 cm³/mol. The second-order valence-electron chi connectivity index (χ2n) is 11.3. The van der Waals surface area contributed by atoms with E-state index in [9.17, 15) is 14.7 Å². The summed E-state index contributed by atoms with van der Waals surface area (Å²) in [4.78, 5) is 32.5. The van der Waals surface area contributed by atoms with Crippen molar-refractivity contribution in [2.45, 2.75) is 70.3 Å². The topological polar surface area (TPSA) is 106 Å². The number of nitrogens with two attached hydrogens (primary N) is 1. The van der Waals surface area contributed by atoms with Crippen molar-refractivity contribution in [1.29, 1.82) is 0 Å². The fourth-order valence-electron chi connectivity index (χ4n) is 6.31. The lowest BCUT2D eigenvalue weighted by atomic mass is 9.78. The van der Waals surface area contributed by atoms with Crippen molar-refractivity contribution in [2.24, 2.45) is 17.6 Å². The Morgan fingerprint density at radius 2 is 1.80 bits per heavy atom. The van der Waals surface area contributed by atoms with Crippen LogP contribution in [-0.4, -0.2) is 41.7 Å². The van der Waals surface area contributed by atoms with E-state index in [-0.39, 0.29) is 22.9 Å². The van der Waals surface area contributed by atoms with Crippen LogP contribution in [0.5, 0.6) is 5.75 Å². The number of methoxy groups -OCH3 is 1. The number of hydrogen-bond acceptors (Lipinski definition) is 6. The van der Waals surface area contributed by atoms with Crippen molar-refractivity contribution in [3.05, 3.63) is 64.8 Å². The van der Waals surface area contributed by atoms with Crippen molar-refractivity contribution in [3.63, 3.8) is 0 Å². The molecule has 0 radical (unpaired) electrons. The Morgan fingerprint density at radius 3 is 2.45 bits per heavy atom. The van der Waals surface area contributed by atoms with Crippen molar-refractivity contribution in [1.82, 2.24) is 4.98 Å². The standard InChI is InChI=1S/C32H39N3O4S/c1-20-16-24(12-15-28(20)39-2)22-8-6-21(7-9-22)19-35(32(38)23-10-13-27(36)14-11-23)26-5-3-4-25(17-26)29-18-34-31(40-29)30(33)37/h3-5,12,15-18,21-23,27,36H,6-11,13-14,19H2,1-2H3,(H2,33,37). The Kier molecular flexibility index (Phi) is 8.86. The molecule has 2 aliphatic carbocycles. The highest BCUT2D eigenvalue weighted by Crippen LogP contribution is 2.39. The largest absolute Gasteiger partial charge is 0.496 e. The van der Waals surface area contributed by atoms with Crippen LogP contribution in [0.1, 0.15) is 78.2 Å². The van der Waals surface area contributed by atoms with Crippen LogP contribution in [0.2, 0.25) is 0 Å². The monoisotopic (exact) mass is 561 g/mol. The zero-order chi connectivity index (χ0) is 28.2. The average molecular weight is 562 g/mol. The molecule has 40 heavy (non-hydrogen) atoms. The summed E-state index contributed by atoms with van der Waals surface area (Å²) in [6, 6.07) is 14.5. The molecule has 1 aromatic heterocycles. The molecule has 0 bridgehead atoms. The van der Waals surface area contributed by atoms with Crippen LogP contribution in [0.4, 0.5) is 5.69 Å². The minimum absolute atomic E-state index is 0.0736. The third kappa shape index (κ3) is 6.39. The van der Waals surface area contributed by atoms with Gasteiger partial charge in [0, 0.05) is 24.3 Å². The van der Waals surface area contributed by atoms with Crippen molar-refractivity contribution in [2.75, 3.05) is 18.6 Å². The van der Waals surface area contributed by atoms with Gasteiger partial charge < -0.3 is 20.5 Å². The molecule has 2 fully saturated rings. The van der Waals surface area contributed by atoms with E-state index in [0.29, 0.717) is 31.2 Å². The lowest BCUT2D eigenvalue weighted by Crippen LogP contribution is -2.41. The van der Waals surface area contributed by atoms with Gasteiger partial charge in [-0.25, -0.2) is 4.98 Å². The molecule has 212 valence electrons. The molecule has 1 heterocycles. The van der Waals surface area contributed by atoms with Crippen LogP contribution >= 0.6 is 11.3 Å². The summed E-state index contributed by atoms with van der Waals surface area (Å²) >= 11 is 1.26. The van der Waals surface area contributed by atoms with Crippen LogP contribution < -0.4 is 15.4 Å². The first-order valence-electron chi connectivity index (χ1n) is 14.3. The first kappa shape index (κ1) is 28.3. The predicted octanol–water partition coefficient (Wildman–Crippen LogP) is 6.08. The molecule has 0 spiro atoms. The summed E-state index contributed by atoms with van der Waals surface area (Å²) in [5.74, 6) is 1.41. The molecule has 8 heteroatoms. The van der Waals surface area contributed by atoms with E-state index in [4.69, 9.17) is 10.5 Å². The molecular formula is C32H39N3O4S. The van der Waals surface area contributed by atoms with E-state index in [0.717, 1.165) is 60.4 Å². The Labute approximate surface area is 240 Å². The van der Waals surface area contributed by atoms with Gasteiger partial charge in [0.2, 0.25) is 5.91 Å². The Hall–Kier alpha value is -3.23. The van der Waals surface area contributed by atoms with Crippen molar-refractivity contribution in [3.8, 4) is 16.2 Å². The number of ether oxygens (including phenoxy) is 1. The second-order valence-corrected chi connectivity index (χ2v) is 12.4. The maximum absolute atomic E-state index is 14.0. The van der Waals surface area contributed by atoms with Gasteiger partial charge in [-0.05, 0) is 105 Å². The van der Waals surface area contributed by atoms with E-state index < -0.39 is 5.91 Å². The Balaban J connectivity index is 1.34. The fourth-order valence-corrected chi connectivity index (χ4v) is 7.07. The number of aromatic nitrogens is 1. The quantitative estimate of drug-likeness (QED) is 0.347. The minimum Gasteiger partial charge on any atom is -0.496 e. The normalized spacial score (nSPS) is 23.0. The van der Waals surface area contributed by atoms with Gasteiger partial charge >= 0.3 is 0 Å². The molecule has 7 nitrogen and oxygen atoms in total. The molecule has 5 rings (SSSR count). The molecule has 0 unspecified atom stereocenters. The molecule has 0 saturated heterocycles. The number of carbonyl (C=O) groups excluding carboxylic acids is 2. The van der Waals surface area contributed by atoms with Gasteiger partial charge in [0.25, 0.3) is 5.91 Å². The highest BCUT2D eigenvalue weighted by Gasteiger charge is 2.32. The van der Waals surface area contributed by atoms with E-state index in [1.807, 2.05) is 29.2 Å². The highest BCUT2D eigenvalue weighted by atomic mass is 32.1. The SMILES string of the molecule is COc1ccc(C2CCC(CN(C(=O)C3CCC(O)CC3)c3cccc(-c4cnc(C(N)=O)s4)c3)CC2)cc1C. The van der Waals surface area contributed by atoms with Crippen LogP contribution in [-0.2, 0) is 4.79 Å². The highest BCUT2D eigenvalue weighted by molar-refractivity contribution is 7.16. The molecular weight excluding hydrogens is 522 g/mol. The molecule has 3 aromatic rings. The van der Waals surface area contributed by atoms with E-state index in [1.165, 1.54) is 22.5 Å². The summed E-state index contributed by atoms with van der Waals surface area (Å²) in [5.41, 5.74) is 9.75. The number of aliphatic hydroxyl groups is 1. The number of aryl methyl sites for hydroxylation is 1. The lowest BCUT2D eigenvalue weighted by Gasteiger charge is -2.36. The van der Waals surface area contributed by atoms with Gasteiger partial charge in [0.1, 0.15) is 5.75 Å². The molecule has 2 aromatic carbocycles. The molecule has 0 atom stereocenters. The first-order valence-corrected chi connectivity index (χ1v) is 15.1. The van der Waals surface area contributed by atoms with Crippen LogP contribution in [0.3, 0.4) is 0 Å². The zero-order valence-electron chi connectivity index (χ0n) is 23.3. The van der Waals surface area contributed by atoms with Gasteiger partial charge in [0.05, 0.1) is 18.1 Å². The number of carbonyl (C=O) groups is 2. The third-order valence-corrected chi connectivity index (χ3v) is 9.71. The van der Waals surface area contributed by atoms with Crippen molar-refractivity contribution < 1.29 is 19.4 Å². The number of primary amides is 1. The number of nitrogens with zero attached hydrogens (tertiary/aromatic N) is 2. The molecule has 2 saturated carbocycles. The maximum Gasteiger partial charge on any atom is 0.277 e. The third-order valence-electron chi connectivity index (χ3n) is 8.65. The second kappa shape index (κ2) is 12.5. The summed E-state index contributed by atoms with van der Waals surface area (Å²) in [7, 11) is 1.71. The zero-order valence-corrected chi connectivity index (χ0v) is 24.2. The summed E-state index contributed by atoms with van der Waals surface area (Å²) in [5, 5.41) is 10.3. The summed E-state index contributed by atoms with van der Waals surface area (Å²) < 4.78 is 5.44. The van der Waals surface area contributed by atoms with Crippen LogP contribution in [0.15, 0.2) is 48.7 Å². The van der Waals surface area contributed by atoms with Crippen molar-refractivity contribution >= 4 is 28.8 Å². The van der Waals surface area contributed by atoms with Crippen LogP contribution in [0.25, 0.3) is 10.4 Å². The Bertz CT molecular complexity index is 1340. The van der Waals surface area contributed by atoms with Gasteiger partial charge in [-0.2, -0.15) is 0 Å². The van der Waals surface area contributed by atoms with E-state index in [1.54, 1.807) is 13.3 Å². The molecule has 2 aliphatic rings. The lowest BCUT2D eigenvalue weighted by molar-refractivity contribution is -0.124. The average Bonchev–Trinajstić information content (AvgIpc) is 3.47. The molecule has 3 N–H and O–H groups in total. The number of benzene rings is 2. The maximum atomic E-state index is 14.0. The summed E-state index contributed by atoms with van der Waals surface area (Å²) in [6.45, 7) is 2.78. The summed E-state index contributed by atoms with van der Waals surface area (Å²) in [6.07, 6.45) is 8.49.